The summed E-state index contributed by atoms with van der Waals surface area (Å²) >= 11 is 6.21. The Morgan fingerprint density at radius 1 is 1.35 bits per heavy atom. The Morgan fingerprint density at radius 3 is 2.92 bits per heavy atom. The summed E-state index contributed by atoms with van der Waals surface area (Å²) in [5.74, 6) is 0.376. The molecule has 2 aliphatic heterocycles. The zero-order chi connectivity index (χ0) is 18.3. The van der Waals surface area contributed by atoms with Gasteiger partial charge in [0.1, 0.15) is 13.2 Å². The fourth-order valence-electron chi connectivity index (χ4n) is 4.35. The maximum atomic E-state index is 12.5. The molecule has 7 nitrogen and oxygen atoms in total. The van der Waals surface area contributed by atoms with E-state index in [2.05, 4.69) is 5.32 Å². The molecule has 0 bridgehead atoms. The molecule has 2 fully saturated rings. The molecule has 1 saturated carbocycles. The third kappa shape index (κ3) is 2.84. The van der Waals surface area contributed by atoms with Crippen molar-refractivity contribution in [3.63, 3.8) is 0 Å². The first kappa shape index (κ1) is 17.3. The van der Waals surface area contributed by atoms with Crippen molar-refractivity contribution in [1.29, 1.82) is 0 Å². The molecule has 26 heavy (non-hydrogen) atoms. The summed E-state index contributed by atoms with van der Waals surface area (Å²) in [6.07, 6.45) is 2.44. The van der Waals surface area contributed by atoms with Crippen molar-refractivity contribution < 1.29 is 24.2 Å². The Kier molecular flexibility index (Phi) is 4.34. The van der Waals surface area contributed by atoms with Crippen molar-refractivity contribution in [3.8, 4) is 11.5 Å². The van der Waals surface area contributed by atoms with E-state index in [1.54, 1.807) is 17.0 Å². The zero-order valence-corrected chi connectivity index (χ0v) is 15.1. The first-order valence-electron chi connectivity index (χ1n) is 8.84. The average Bonchev–Trinajstić information content (AvgIpc) is 3.18. The monoisotopic (exact) mass is 380 g/mol. The van der Waals surface area contributed by atoms with Crippen LogP contribution in [0.25, 0.3) is 0 Å². The molecule has 0 spiro atoms. The van der Waals surface area contributed by atoms with Gasteiger partial charge in [0.2, 0.25) is 0 Å². The summed E-state index contributed by atoms with van der Waals surface area (Å²) in [7, 11) is 0. The van der Waals surface area contributed by atoms with Crippen LogP contribution in [0.2, 0.25) is 5.02 Å². The Balaban J connectivity index is 1.41. The summed E-state index contributed by atoms with van der Waals surface area (Å²) in [6.45, 7) is 1.99. The van der Waals surface area contributed by atoms with Crippen molar-refractivity contribution in [2.75, 3.05) is 26.3 Å². The number of carboxylic acid groups (broad SMARTS) is 1. The number of urea groups is 1. The van der Waals surface area contributed by atoms with E-state index in [1.807, 2.05) is 0 Å². The van der Waals surface area contributed by atoms with Crippen LogP contribution in [0.4, 0.5) is 4.79 Å². The number of amides is 2. The third-order valence-corrected chi connectivity index (χ3v) is 5.96. The minimum absolute atomic E-state index is 0.0505. The third-order valence-electron chi connectivity index (χ3n) is 5.68. The summed E-state index contributed by atoms with van der Waals surface area (Å²) in [5.41, 5.74) is 0.0393. The number of ether oxygens (including phenoxy) is 2. The van der Waals surface area contributed by atoms with Gasteiger partial charge in [-0.15, -0.1) is 0 Å². The number of carbonyl (C=O) groups excluding carboxylic acids is 1. The molecule has 0 radical (unpaired) electrons. The fraction of sp³-hybridized carbons (Fsp3) is 0.556. The average molecular weight is 381 g/mol. The highest BCUT2D eigenvalue weighted by Gasteiger charge is 2.55. The molecule has 8 heteroatoms. The molecule has 2 amide bonds. The molecule has 1 aromatic rings. The quantitative estimate of drug-likeness (QED) is 0.841. The maximum Gasteiger partial charge on any atom is 0.317 e. The number of fused-ring (bicyclic) bond motifs is 2. The number of carboxylic acids is 1. The summed E-state index contributed by atoms with van der Waals surface area (Å²) < 4.78 is 11.0. The molecule has 2 N–H and O–H groups in total. The number of aliphatic carboxylic acids is 1. The lowest BCUT2D eigenvalue weighted by molar-refractivity contribution is -0.149. The van der Waals surface area contributed by atoms with Crippen molar-refractivity contribution in [3.05, 3.63) is 22.7 Å². The van der Waals surface area contributed by atoms with E-state index in [9.17, 15) is 14.7 Å². The molecule has 2 atom stereocenters. The van der Waals surface area contributed by atoms with Crippen LogP contribution in [-0.4, -0.2) is 48.3 Å². The molecule has 2 heterocycles. The molecule has 1 saturated heterocycles. The first-order chi connectivity index (χ1) is 12.5. The van der Waals surface area contributed by atoms with Crippen LogP contribution >= 0.6 is 11.6 Å². The van der Waals surface area contributed by atoms with Crippen LogP contribution in [0.1, 0.15) is 24.8 Å². The number of carbonyl (C=O) groups is 2. The minimum atomic E-state index is -0.783. The summed E-state index contributed by atoms with van der Waals surface area (Å²) in [5, 5.41) is 12.9. The Bertz CT molecular complexity index is 755. The molecule has 140 valence electrons. The van der Waals surface area contributed by atoms with E-state index in [4.69, 9.17) is 21.1 Å². The number of halogens is 1. The van der Waals surface area contributed by atoms with E-state index >= 15 is 0 Å². The fourth-order valence-corrected chi connectivity index (χ4v) is 4.64. The van der Waals surface area contributed by atoms with E-state index in [0.29, 0.717) is 42.7 Å². The van der Waals surface area contributed by atoms with Crippen LogP contribution in [0.5, 0.6) is 11.5 Å². The molecule has 1 aromatic carbocycles. The van der Waals surface area contributed by atoms with Gasteiger partial charge in [0, 0.05) is 19.6 Å². The van der Waals surface area contributed by atoms with Crippen LogP contribution in [0, 0.1) is 11.3 Å². The lowest BCUT2D eigenvalue weighted by Gasteiger charge is -2.23. The molecule has 3 aliphatic rings. The summed E-state index contributed by atoms with van der Waals surface area (Å²) in [6, 6.07) is 3.30. The normalized spacial score (nSPS) is 26.5. The second kappa shape index (κ2) is 6.54. The molecule has 4 rings (SSSR count). The number of nitrogens with zero attached hydrogens (tertiary/aromatic N) is 1. The number of rotatable bonds is 3. The molecule has 0 unspecified atom stereocenters. The van der Waals surface area contributed by atoms with E-state index in [1.165, 1.54) is 0 Å². The van der Waals surface area contributed by atoms with Gasteiger partial charge in [-0.25, -0.2) is 4.79 Å². The molecule has 1 aliphatic carbocycles. The Labute approximate surface area is 156 Å². The number of hydrogen-bond donors (Lipinski definition) is 2. The largest absolute Gasteiger partial charge is 0.486 e. The minimum Gasteiger partial charge on any atom is -0.486 e. The molecule has 0 aromatic heterocycles. The van der Waals surface area contributed by atoms with Crippen LogP contribution in [0.3, 0.4) is 0 Å². The lowest BCUT2D eigenvalue weighted by Crippen LogP contribution is -2.41. The van der Waals surface area contributed by atoms with E-state index in [-0.39, 0.29) is 25.0 Å². The van der Waals surface area contributed by atoms with E-state index in [0.717, 1.165) is 18.4 Å². The standard InChI is InChI=1S/C18H21ClN2O5/c19-13-6-11(7-14-15(13)26-5-4-25-14)8-20-17(24)21-9-12-2-1-3-18(12,10-21)16(22)23/h6-7,12H,1-5,8-10H2,(H,20,24)(H,22,23)/t12-,18+/m0/s1. The van der Waals surface area contributed by atoms with Crippen molar-refractivity contribution in [2.24, 2.45) is 11.3 Å². The number of nitrogens with one attached hydrogen (secondary N) is 1. The molecular weight excluding hydrogens is 360 g/mol. The second-order valence-corrected chi connectivity index (χ2v) is 7.60. The van der Waals surface area contributed by atoms with Gasteiger partial charge in [-0.05, 0) is 36.5 Å². The van der Waals surface area contributed by atoms with Crippen molar-refractivity contribution in [2.45, 2.75) is 25.8 Å². The van der Waals surface area contributed by atoms with Gasteiger partial charge < -0.3 is 24.8 Å². The van der Waals surface area contributed by atoms with Crippen molar-refractivity contribution in [1.82, 2.24) is 10.2 Å². The number of benzene rings is 1. The predicted molar refractivity (Wildman–Crippen MR) is 93.7 cm³/mol. The van der Waals surface area contributed by atoms with Crippen LogP contribution in [-0.2, 0) is 11.3 Å². The van der Waals surface area contributed by atoms with Crippen LogP contribution < -0.4 is 14.8 Å². The highest BCUT2D eigenvalue weighted by molar-refractivity contribution is 6.32. The summed E-state index contributed by atoms with van der Waals surface area (Å²) in [4.78, 5) is 25.9. The lowest BCUT2D eigenvalue weighted by atomic mass is 9.81. The first-order valence-corrected chi connectivity index (χ1v) is 9.21. The molecular formula is C18H21ClN2O5. The van der Waals surface area contributed by atoms with Crippen molar-refractivity contribution >= 4 is 23.6 Å². The van der Waals surface area contributed by atoms with E-state index < -0.39 is 11.4 Å². The topological polar surface area (TPSA) is 88.1 Å². The van der Waals surface area contributed by atoms with Gasteiger partial charge in [-0.2, -0.15) is 0 Å². The highest BCUT2D eigenvalue weighted by atomic mass is 35.5. The SMILES string of the molecule is O=C(NCc1cc(Cl)c2c(c1)OCCO2)N1C[C@@H]2CCC[C@@]2(C(=O)O)C1. The van der Waals surface area contributed by atoms with Crippen LogP contribution in [0.15, 0.2) is 12.1 Å². The number of likely N-dealkylation sites (tertiary alicyclic amines) is 1. The maximum absolute atomic E-state index is 12.5. The second-order valence-electron chi connectivity index (χ2n) is 7.19. The van der Waals surface area contributed by atoms with Gasteiger partial charge in [0.05, 0.1) is 10.4 Å². The highest BCUT2D eigenvalue weighted by Crippen LogP contribution is 2.48. The Hall–Kier alpha value is -2.15. The van der Waals surface area contributed by atoms with Gasteiger partial charge in [0.25, 0.3) is 0 Å². The van der Waals surface area contributed by atoms with Gasteiger partial charge in [-0.3, -0.25) is 4.79 Å². The Morgan fingerprint density at radius 2 is 2.15 bits per heavy atom. The number of hydrogen-bond acceptors (Lipinski definition) is 4. The van der Waals surface area contributed by atoms with Gasteiger partial charge in [0.15, 0.2) is 11.5 Å². The smallest absolute Gasteiger partial charge is 0.317 e. The van der Waals surface area contributed by atoms with Gasteiger partial charge in [-0.1, -0.05) is 18.0 Å². The zero-order valence-electron chi connectivity index (χ0n) is 14.3. The predicted octanol–water partition coefficient (Wildman–Crippen LogP) is 2.51. The van der Waals surface area contributed by atoms with Gasteiger partial charge >= 0.3 is 12.0 Å².